The molecule has 0 saturated heterocycles. The maximum atomic E-state index is 12.3. The number of Topliss-reactive ketones (excluding diaryl/α,β-unsaturated/α-hetero) is 1. The lowest BCUT2D eigenvalue weighted by Crippen LogP contribution is -3.00. The molecule has 0 aliphatic rings. The molecule has 1 aromatic carbocycles. The molecule has 0 aliphatic carbocycles. The first-order valence-electron chi connectivity index (χ1n) is 9.31. The van der Waals surface area contributed by atoms with Crippen molar-refractivity contribution < 1.29 is 21.8 Å². The lowest BCUT2D eigenvalue weighted by molar-refractivity contribution is -0.683. The Morgan fingerprint density at radius 2 is 1.48 bits per heavy atom. The van der Waals surface area contributed by atoms with E-state index >= 15 is 0 Å². The number of aromatic nitrogens is 1. The summed E-state index contributed by atoms with van der Waals surface area (Å²) in [5.74, 6) is 0.811. The zero-order chi connectivity index (χ0) is 17.2. The van der Waals surface area contributed by atoms with Crippen molar-refractivity contribution in [3.63, 3.8) is 0 Å². The molecule has 0 unspecified atom stereocenters. The highest BCUT2D eigenvalue weighted by Gasteiger charge is 2.15. The van der Waals surface area contributed by atoms with Crippen molar-refractivity contribution >= 4 is 5.78 Å². The van der Waals surface area contributed by atoms with Crippen LogP contribution in [0.1, 0.15) is 74.2 Å². The second-order valence-corrected chi connectivity index (χ2v) is 6.57. The van der Waals surface area contributed by atoms with E-state index in [9.17, 15) is 4.79 Å². The fourth-order valence-corrected chi connectivity index (χ4v) is 3.11. The molecule has 0 aliphatic heterocycles. The zero-order valence-corrected chi connectivity index (χ0v) is 16.2. The van der Waals surface area contributed by atoms with Gasteiger partial charge in [-0.25, -0.2) is 0 Å². The number of unbranched alkanes of at least 4 members (excludes halogenated alkanes) is 2. The number of benzene rings is 1. The van der Waals surface area contributed by atoms with Gasteiger partial charge in [0.15, 0.2) is 12.4 Å². The highest BCUT2D eigenvalue weighted by molar-refractivity contribution is 5.94. The van der Waals surface area contributed by atoms with Crippen molar-refractivity contribution in [1.29, 1.82) is 0 Å². The van der Waals surface area contributed by atoms with E-state index in [2.05, 4.69) is 38.4 Å². The number of nitrogens with zero attached hydrogens (tertiary/aromatic N) is 1. The normalized spacial score (nSPS) is 10.5. The maximum absolute atomic E-state index is 12.3. The van der Waals surface area contributed by atoms with Crippen LogP contribution in [0.3, 0.4) is 0 Å². The van der Waals surface area contributed by atoms with Gasteiger partial charge in [0.1, 0.15) is 0 Å². The molecule has 3 heteroatoms. The van der Waals surface area contributed by atoms with Crippen LogP contribution in [0.5, 0.6) is 0 Å². The fraction of sp³-hybridized carbons (Fsp3) is 0.455. The fourth-order valence-electron chi connectivity index (χ4n) is 3.11. The van der Waals surface area contributed by atoms with Crippen molar-refractivity contribution in [1.82, 2.24) is 0 Å². The zero-order valence-electron chi connectivity index (χ0n) is 15.5. The number of ketones is 1. The highest BCUT2D eigenvalue weighted by Crippen LogP contribution is 2.26. The summed E-state index contributed by atoms with van der Waals surface area (Å²) in [5, 5.41) is 0. The van der Waals surface area contributed by atoms with E-state index in [1.807, 2.05) is 34.9 Å². The number of pyridine rings is 1. The first-order chi connectivity index (χ1) is 11.7. The first kappa shape index (κ1) is 21.4. The predicted octanol–water partition coefficient (Wildman–Crippen LogP) is 2.33. The number of halogens is 1. The molecule has 25 heavy (non-hydrogen) atoms. The van der Waals surface area contributed by atoms with Gasteiger partial charge in [0.2, 0.25) is 12.3 Å². The van der Waals surface area contributed by atoms with Gasteiger partial charge in [-0.1, -0.05) is 69.9 Å². The molecule has 1 aromatic heterocycles. The van der Waals surface area contributed by atoms with Gasteiger partial charge in [0.25, 0.3) is 0 Å². The maximum Gasteiger partial charge on any atom is 0.227 e. The van der Waals surface area contributed by atoms with Gasteiger partial charge in [-0.2, -0.15) is 4.57 Å². The standard InChI is InChI=1S/C22H30NO.ClH/c1-3-5-10-19(11-6-4-2)20-14-16-23(17-15-20)18-22(24)21-12-8-7-9-13-21;/h7-9,12-17,19H,3-6,10-11,18H2,1-2H3;1H/q+1;/p-1. The third kappa shape index (κ3) is 6.99. The Morgan fingerprint density at radius 3 is 2.00 bits per heavy atom. The molecule has 0 atom stereocenters. The predicted molar refractivity (Wildman–Crippen MR) is 99.2 cm³/mol. The smallest absolute Gasteiger partial charge is 0.227 e. The van der Waals surface area contributed by atoms with Gasteiger partial charge in [0.05, 0.1) is 0 Å². The van der Waals surface area contributed by atoms with E-state index in [4.69, 9.17) is 0 Å². The Labute approximate surface area is 158 Å². The molecule has 2 rings (SSSR count). The van der Waals surface area contributed by atoms with Crippen LogP contribution in [-0.2, 0) is 6.54 Å². The average molecular weight is 360 g/mol. The summed E-state index contributed by atoms with van der Waals surface area (Å²) in [4.78, 5) is 12.3. The summed E-state index contributed by atoms with van der Waals surface area (Å²) >= 11 is 0. The van der Waals surface area contributed by atoms with Crippen LogP contribution >= 0.6 is 0 Å². The summed E-state index contributed by atoms with van der Waals surface area (Å²) in [7, 11) is 0. The Kier molecular flexibility index (Phi) is 10.1. The van der Waals surface area contributed by atoms with Gasteiger partial charge in [0, 0.05) is 17.7 Å². The molecule has 0 spiro atoms. The molecule has 136 valence electrons. The van der Waals surface area contributed by atoms with E-state index in [0.717, 1.165) is 5.56 Å². The molecular weight excluding hydrogens is 330 g/mol. The van der Waals surface area contributed by atoms with Crippen molar-refractivity contribution in [2.75, 3.05) is 0 Å². The van der Waals surface area contributed by atoms with E-state index in [1.54, 1.807) is 0 Å². The molecule has 0 fully saturated rings. The minimum Gasteiger partial charge on any atom is -1.00 e. The SMILES string of the molecule is CCCCC(CCCC)c1cc[n+](CC(=O)c2ccccc2)cc1.[Cl-]. The average Bonchev–Trinajstić information content (AvgIpc) is 2.63. The van der Waals surface area contributed by atoms with Crippen molar-refractivity contribution in [3.05, 3.63) is 66.0 Å². The second kappa shape index (κ2) is 11.8. The molecular formula is C22H30ClNO. The first-order valence-corrected chi connectivity index (χ1v) is 9.31. The van der Waals surface area contributed by atoms with Crippen LogP contribution in [0.4, 0.5) is 0 Å². The molecule has 1 heterocycles. The van der Waals surface area contributed by atoms with Crippen LogP contribution in [0, 0.1) is 0 Å². The van der Waals surface area contributed by atoms with Gasteiger partial charge in [-0.05, 0) is 24.3 Å². The van der Waals surface area contributed by atoms with E-state index in [-0.39, 0.29) is 18.2 Å². The third-order valence-electron chi connectivity index (χ3n) is 4.62. The molecule has 0 N–H and O–H groups in total. The Balaban J connectivity index is 0.00000312. The topological polar surface area (TPSA) is 20.9 Å². The third-order valence-corrected chi connectivity index (χ3v) is 4.62. The lowest BCUT2D eigenvalue weighted by Gasteiger charge is -2.16. The number of hydrogen-bond acceptors (Lipinski definition) is 1. The lowest BCUT2D eigenvalue weighted by atomic mass is 9.89. The van der Waals surface area contributed by atoms with Crippen LogP contribution in [0.25, 0.3) is 0 Å². The van der Waals surface area contributed by atoms with Gasteiger partial charge < -0.3 is 12.4 Å². The molecule has 0 saturated carbocycles. The largest absolute Gasteiger partial charge is 1.00 e. The van der Waals surface area contributed by atoms with Gasteiger partial charge in [-0.3, -0.25) is 4.79 Å². The van der Waals surface area contributed by atoms with E-state index < -0.39 is 0 Å². The number of carbonyl (C=O) groups is 1. The molecule has 0 radical (unpaired) electrons. The molecule has 0 bridgehead atoms. The molecule has 2 nitrogen and oxygen atoms in total. The quantitative estimate of drug-likeness (QED) is 0.471. The van der Waals surface area contributed by atoms with Crippen molar-refractivity contribution in [2.45, 2.75) is 64.8 Å². The van der Waals surface area contributed by atoms with Crippen LogP contribution < -0.4 is 17.0 Å². The van der Waals surface area contributed by atoms with Crippen LogP contribution in [0.2, 0.25) is 0 Å². The summed E-state index contributed by atoms with van der Waals surface area (Å²) in [5.41, 5.74) is 2.19. The summed E-state index contributed by atoms with van der Waals surface area (Å²) in [6.45, 7) is 4.91. The highest BCUT2D eigenvalue weighted by atomic mass is 35.5. The van der Waals surface area contributed by atoms with Gasteiger partial charge >= 0.3 is 0 Å². The van der Waals surface area contributed by atoms with Crippen molar-refractivity contribution in [3.8, 4) is 0 Å². The number of rotatable bonds is 10. The van der Waals surface area contributed by atoms with E-state index in [0.29, 0.717) is 12.5 Å². The second-order valence-electron chi connectivity index (χ2n) is 6.57. The Hall–Kier alpha value is -1.67. The summed E-state index contributed by atoms with van der Waals surface area (Å²) < 4.78 is 1.98. The van der Waals surface area contributed by atoms with Crippen molar-refractivity contribution in [2.24, 2.45) is 0 Å². The summed E-state index contributed by atoms with van der Waals surface area (Å²) in [6.07, 6.45) is 11.7. The minimum atomic E-state index is 0. The Morgan fingerprint density at radius 1 is 0.920 bits per heavy atom. The van der Waals surface area contributed by atoms with Crippen LogP contribution in [-0.4, -0.2) is 5.78 Å². The molecule has 2 aromatic rings. The molecule has 0 amide bonds. The minimum absolute atomic E-state index is 0. The van der Waals surface area contributed by atoms with Crippen LogP contribution in [0.15, 0.2) is 54.9 Å². The number of hydrogen-bond donors (Lipinski definition) is 0. The monoisotopic (exact) mass is 359 g/mol. The van der Waals surface area contributed by atoms with Gasteiger partial charge in [-0.15, -0.1) is 0 Å². The Bertz CT molecular complexity index is 602. The number of carbonyl (C=O) groups excluding carboxylic acids is 1. The summed E-state index contributed by atoms with van der Waals surface area (Å²) in [6, 6.07) is 13.9. The van der Waals surface area contributed by atoms with E-state index in [1.165, 1.54) is 44.1 Å².